The third-order valence-electron chi connectivity index (χ3n) is 4.18. The smallest absolute Gasteiger partial charge is 0.329 e. The molecule has 21 heavy (non-hydrogen) atoms. The Morgan fingerprint density at radius 3 is 2.48 bits per heavy atom. The van der Waals surface area contributed by atoms with E-state index in [2.05, 4.69) is 16.4 Å². The van der Waals surface area contributed by atoms with Crippen LogP contribution < -0.4 is 5.32 Å². The number of carbonyl (C=O) groups is 1. The van der Waals surface area contributed by atoms with Crippen molar-refractivity contribution in [1.29, 1.82) is 5.26 Å². The van der Waals surface area contributed by atoms with Gasteiger partial charge >= 0.3 is 5.97 Å². The molecule has 1 aromatic heterocycles. The Morgan fingerprint density at radius 2 is 1.95 bits per heavy atom. The molecule has 0 spiro atoms. The van der Waals surface area contributed by atoms with Crippen LogP contribution in [0.15, 0.2) is 6.07 Å². The Hall–Kier alpha value is -2.09. The van der Waals surface area contributed by atoms with Crippen molar-refractivity contribution in [1.82, 2.24) is 4.98 Å². The first-order valence-corrected chi connectivity index (χ1v) is 7.38. The highest BCUT2D eigenvalue weighted by molar-refractivity contribution is 5.83. The Morgan fingerprint density at radius 1 is 1.33 bits per heavy atom. The van der Waals surface area contributed by atoms with Crippen LogP contribution in [-0.2, 0) is 4.79 Å². The lowest BCUT2D eigenvalue weighted by atomic mass is 9.90. The molecule has 1 saturated carbocycles. The molecule has 112 valence electrons. The van der Waals surface area contributed by atoms with Crippen molar-refractivity contribution < 1.29 is 9.90 Å². The standard InChI is InChI=1S/C16H21N3O2/c1-11-9-12(2)18-14(13(11)10-17)19-16(15(20)21)7-5-3-4-6-8-16/h9H,3-8H2,1-2H3,(H,18,19)(H,20,21). The number of aryl methyl sites for hydroxylation is 2. The fourth-order valence-corrected chi connectivity index (χ4v) is 3.02. The lowest BCUT2D eigenvalue weighted by molar-refractivity contribution is -0.142. The second-order valence-corrected chi connectivity index (χ2v) is 5.84. The van der Waals surface area contributed by atoms with Crippen molar-refractivity contribution in [2.45, 2.75) is 57.9 Å². The zero-order chi connectivity index (χ0) is 15.5. The van der Waals surface area contributed by atoms with E-state index in [-0.39, 0.29) is 0 Å². The van der Waals surface area contributed by atoms with Gasteiger partial charge in [-0.05, 0) is 38.3 Å². The maximum atomic E-state index is 11.8. The Bertz CT molecular complexity index is 582. The number of rotatable bonds is 3. The van der Waals surface area contributed by atoms with E-state index < -0.39 is 11.5 Å². The number of hydrogen-bond acceptors (Lipinski definition) is 4. The lowest BCUT2D eigenvalue weighted by Gasteiger charge is -2.30. The van der Waals surface area contributed by atoms with Crippen molar-refractivity contribution in [3.8, 4) is 6.07 Å². The molecule has 0 atom stereocenters. The van der Waals surface area contributed by atoms with Gasteiger partial charge in [0.25, 0.3) is 0 Å². The van der Waals surface area contributed by atoms with Crippen LogP contribution >= 0.6 is 0 Å². The molecule has 2 N–H and O–H groups in total. The summed E-state index contributed by atoms with van der Waals surface area (Å²) in [6.45, 7) is 3.69. The molecule has 1 fully saturated rings. The van der Waals surface area contributed by atoms with Gasteiger partial charge in [0.05, 0.1) is 5.56 Å². The molecule has 5 heteroatoms. The number of nitrogens with one attached hydrogen (secondary N) is 1. The van der Waals surface area contributed by atoms with E-state index in [1.807, 2.05) is 19.9 Å². The van der Waals surface area contributed by atoms with Gasteiger partial charge in [-0.15, -0.1) is 0 Å². The van der Waals surface area contributed by atoms with Crippen molar-refractivity contribution in [3.05, 3.63) is 22.9 Å². The van der Waals surface area contributed by atoms with Crippen molar-refractivity contribution in [2.24, 2.45) is 0 Å². The summed E-state index contributed by atoms with van der Waals surface area (Å²) in [4.78, 5) is 16.2. The van der Waals surface area contributed by atoms with Gasteiger partial charge in [-0.25, -0.2) is 9.78 Å². The van der Waals surface area contributed by atoms with Crippen LogP contribution in [0.4, 0.5) is 5.82 Å². The quantitative estimate of drug-likeness (QED) is 0.834. The highest BCUT2D eigenvalue weighted by Crippen LogP contribution is 2.32. The average Bonchev–Trinajstić information content (AvgIpc) is 2.65. The number of anilines is 1. The molecule has 0 unspecified atom stereocenters. The average molecular weight is 287 g/mol. The van der Waals surface area contributed by atoms with Crippen LogP contribution in [0, 0.1) is 25.2 Å². The van der Waals surface area contributed by atoms with Gasteiger partial charge in [-0.3, -0.25) is 0 Å². The second-order valence-electron chi connectivity index (χ2n) is 5.84. The Labute approximate surface area is 125 Å². The minimum atomic E-state index is -1.00. The Balaban J connectivity index is 2.42. The van der Waals surface area contributed by atoms with Gasteiger partial charge in [-0.2, -0.15) is 5.26 Å². The zero-order valence-corrected chi connectivity index (χ0v) is 12.6. The number of nitriles is 1. The van der Waals surface area contributed by atoms with Crippen molar-refractivity contribution >= 4 is 11.8 Å². The fourth-order valence-electron chi connectivity index (χ4n) is 3.02. The third kappa shape index (κ3) is 3.15. The summed E-state index contributed by atoms with van der Waals surface area (Å²) >= 11 is 0. The van der Waals surface area contributed by atoms with E-state index in [0.29, 0.717) is 24.2 Å². The van der Waals surface area contributed by atoms with E-state index in [4.69, 9.17) is 0 Å². The van der Waals surface area contributed by atoms with Gasteiger partial charge in [0, 0.05) is 5.69 Å². The molecular weight excluding hydrogens is 266 g/mol. The highest BCUT2D eigenvalue weighted by atomic mass is 16.4. The SMILES string of the molecule is Cc1cc(C)c(C#N)c(NC2(C(=O)O)CCCCCC2)n1. The fraction of sp³-hybridized carbons (Fsp3) is 0.562. The molecule has 1 aromatic rings. The highest BCUT2D eigenvalue weighted by Gasteiger charge is 2.39. The minimum Gasteiger partial charge on any atom is -0.480 e. The lowest BCUT2D eigenvalue weighted by Crippen LogP contribution is -2.46. The first-order chi connectivity index (χ1) is 9.98. The van der Waals surface area contributed by atoms with Crippen LogP contribution in [0.3, 0.4) is 0 Å². The van der Waals surface area contributed by atoms with E-state index in [9.17, 15) is 15.2 Å². The van der Waals surface area contributed by atoms with Gasteiger partial charge in [0.2, 0.25) is 0 Å². The number of aliphatic carboxylic acids is 1. The molecule has 0 saturated heterocycles. The minimum absolute atomic E-state index is 0.402. The van der Waals surface area contributed by atoms with Crippen LogP contribution in [0.25, 0.3) is 0 Å². The molecule has 2 rings (SSSR count). The van der Waals surface area contributed by atoms with Gasteiger partial charge in [0.1, 0.15) is 17.4 Å². The molecule has 0 amide bonds. The topological polar surface area (TPSA) is 86.0 Å². The number of carboxylic acid groups (broad SMARTS) is 1. The number of carboxylic acids is 1. The van der Waals surface area contributed by atoms with Gasteiger partial charge in [-0.1, -0.05) is 25.7 Å². The van der Waals surface area contributed by atoms with Crippen LogP contribution in [0.1, 0.15) is 55.3 Å². The summed E-state index contributed by atoms with van der Waals surface area (Å²) in [6.07, 6.45) is 5.02. The Kier molecular flexibility index (Phi) is 4.46. The summed E-state index contributed by atoms with van der Waals surface area (Å²) in [7, 11) is 0. The molecule has 1 heterocycles. The molecule has 1 aliphatic rings. The van der Waals surface area contributed by atoms with E-state index in [1.165, 1.54) is 0 Å². The second kappa shape index (κ2) is 6.13. The van der Waals surface area contributed by atoms with Crippen LogP contribution in [0.2, 0.25) is 0 Å². The normalized spacial score (nSPS) is 17.6. The summed E-state index contributed by atoms with van der Waals surface area (Å²) in [5.41, 5.74) is 1.03. The molecule has 5 nitrogen and oxygen atoms in total. The summed E-state index contributed by atoms with van der Waals surface area (Å²) in [5.74, 6) is -0.450. The number of pyridine rings is 1. The van der Waals surface area contributed by atoms with Crippen LogP contribution in [0.5, 0.6) is 0 Å². The summed E-state index contributed by atoms with van der Waals surface area (Å²) in [6, 6.07) is 3.97. The first kappa shape index (κ1) is 15.3. The summed E-state index contributed by atoms with van der Waals surface area (Å²) < 4.78 is 0. The van der Waals surface area contributed by atoms with E-state index in [1.54, 1.807) is 0 Å². The molecule has 0 radical (unpaired) electrons. The third-order valence-corrected chi connectivity index (χ3v) is 4.18. The van der Waals surface area contributed by atoms with Crippen molar-refractivity contribution in [3.63, 3.8) is 0 Å². The largest absolute Gasteiger partial charge is 0.480 e. The van der Waals surface area contributed by atoms with E-state index >= 15 is 0 Å². The molecular formula is C16H21N3O2. The molecule has 0 aromatic carbocycles. The van der Waals surface area contributed by atoms with Crippen LogP contribution in [-0.4, -0.2) is 21.6 Å². The predicted molar refractivity (Wildman–Crippen MR) is 80.1 cm³/mol. The monoisotopic (exact) mass is 287 g/mol. The number of nitrogens with zero attached hydrogens (tertiary/aromatic N) is 2. The molecule has 1 aliphatic carbocycles. The molecule has 0 bridgehead atoms. The zero-order valence-electron chi connectivity index (χ0n) is 12.6. The van der Waals surface area contributed by atoms with Gasteiger partial charge in [0.15, 0.2) is 0 Å². The maximum absolute atomic E-state index is 11.8. The first-order valence-electron chi connectivity index (χ1n) is 7.38. The van der Waals surface area contributed by atoms with E-state index in [0.717, 1.165) is 36.9 Å². The maximum Gasteiger partial charge on any atom is 0.329 e. The van der Waals surface area contributed by atoms with Gasteiger partial charge < -0.3 is 10.4 Å². The number of hydrogen-bond donors (Lipinski definition) is 2. The number of aromatic nitrogens is 1. The van der Waals surface area contributed by atoms with Crippen molar-refractivity contribution in [2.75, 3.05) is 5.32 Å². The predicted octanol–water partition coefficient (Wildman–Crippen LogP) is 3.16. The molecule has 0 aliphatic heterocycles. The summed E-state index contributed by atoms with van der Waals surface area (Å²) in [5, 5.41) is 22.1.